The molecule has 0 unspecified atom stereocenters. The van der Waals surface area contributed by atoms with Gasteiger partial charge in [0.1, 0.15) is 5.54 Å². The van der Waals surface area contributed by atoms with Gasteiger partial charge in [-0.2, -0.15) is 0 Å². The highest BCUT2D eigenvalue weighted by Gasteiger charge is 2.49. The molecule has 1 atom stereocenters. The van der Waals surface area contributed by atoms with E-state index in [0.717, 1.165) is 16.7 Å². The molecule has 1 N–H and O–H groups in total. The number of hydrogen-bond acceptors (Lipinski definition) is 2. The molecule has 0 bridgehead atoms. The quantitative estimate of drug-likeness (QED) is 0.904. The summed E-state index contributed by atoms with van der Waals surface area (Å²) in [6, 6.07) is 6.00. The fourth-order valence-electron chi connectivity index (χ4n) is 2.62. The predicted octanol–water partition coefficient (Wildman–Crippen LogP) is 1.92. The average Bonchev–Trinajstić information content (AvgIpc) is 2.24. The standard InChI is InChI=1S/C15H19NO3/c1-10-6-11(2)8-12(7-10)9-13(17)16-5-4-15(16,3)14(18)19/h6-8H,4-5,9H2,1-3H3,(H,18,19)/t15-/m0/s1. The molecule has 0 spiro atoms. The highest BCUT2D eigenvalue weighted by atomic mass is 16.4. The second kappa shape index (κ2) is 4.68. The van der Waals surface area contributed by atoms with Crippen molar-refractivity contribution in [3.8, 4) is 0 Å². The topological polar surface area (TPSA) is 57.6 Å². The fraction of sp³-hybridized carbons (Fsp3) is 0.467. The van der Waals surface area contributed by atoms with Crippen LogP contribution in [0.5, 0.6) is 0 Å². The second-order valence-electron chi connectivity index (χ2n) is 5.55. The van der Waals surface area contributed by atoms with E-state index in [2.05, 4.69) is 6.07 Å². The SMILES string of the molecule is Cc1cc(C)cc(CC(=O)N2CC[C@@]2(C)C(=O)O)c1. The molecule has 0 aliphatic carbocycles. The van der Waals surface area contributed by atoms with E-state index in [1.54, 1.807) is 6.92 Å². The van der Waals surface area contributed by atoms with Crippen LogP contribution in [0.25, 0.3) is 0 Å². The van der Waals surface area contributed by atoms with E-state index in [1.807, 2.05) is 26.0 Å². The number of rotatable bonds is 3. The van der Waals surface area contributed by atoms with Crippen LogP contribution in [0.2, 0.25) is 0 Å². The Morgan fingerprint density at radius 1 is 1.26 bits per heavy atom. The average molecular weight is 261 g/mol. The Hall–Kier alpha value is -1.84. The van der Waals surface area contributed by atoms with Crippen molar-refractivity contribution in [1.82, 2.24) is 4.90 Å². The molecule has 0 saturated carbocycles. The first-order valence-electron chi connectivity index (χ1n) is 6.44. The molecule has 0 aromatic heterocycles. The van der Waals surface area contributed by atoms with E-state index in [4.69, 9.17) is 0 Å². The van der Waals surface area contributed by atoms with Crippen LogP contribution in [0, 0.1) is 13.8 Å². The summed E-state index contributed by atoms with van der Waals surface area (Å²) in [4.78, 5) is 24.9. The summed E-state index contributed by atoms with van der Waals surface area (Å²) in [6.45, 7) is 6.13. The van der Waals surface area contributed by atoms with Gasteiger partial charge in [-0.15, -0.1) is 0 Å². The molecule has 1 saturated heterocycles. The number of nitrogens with zero attached hydrogens (tertiary/aromatic N) is 1. The third-order valence-electron chi connectivity index (χ3n) is 3.82. The number of aliphatic carboxylic acids is 1. The molecule has 1 heterocycles. The lowest BCUT2D eigenvalue weighted by Crippen LogP contribution is -2.64. The molecule has 1 fully saturated rings. The van der Waals surface area contributed by atoms with Crippen LogP contribution in [0.3, 0.4) is 0 Å². The summed E-state index contributed by atoms with van der Waals surface area (Å²) >= 11 is 0. The van der Waals surface area contributed by atoms with E-state index in [-0.39, 0.29) is 12.3 Å². The molecule has 1 aliphatic heterocycles. The minimum absolute atomic E-state index is 0.110. The van der Waals surface area contributed by atoms with Crippen LogP contribution in [0.4, 0.5) is 0 Å². The number of benzene rings is 1. The summed E-state index contributed by atoms with van der Waals surface area (Å²) in [5.74, 6) is -1.03. The van der Waals surface area contributed by atoms with Crippen molar-refractivity contribution < 1.29 is 14.7 Å². The maximum Gasteiger partial charge on any atom is 0.329 e. The maximum absolute atomic E-state index is 12.2. The molecule has 0 radical (unpaired) electrons. The van der Waals surface area contributed by atoms with Gasteiger partial charge in [-0.1, -0.05) is 29.3 Å². The normalized spacial score (nSPS) is 21.9. The maximum atomic E-state index is 12.2. The van der Waals surface area contributed by atoms with Gasteiger partial charge < -0.3 is 10.0 Å². The molecule has 1 amide bonds. The lowest BCUT2D eigenvalue weighted by atomic mass is 9.86. The zero-order valence-electron chi connectivity index (χ0n) is 11.6. The molecule has 102 valence electrons. The zero-order valence-corrected chi connectivity index (χ0v) is 11.6. The summed E-state index contributed by atoms with van der Waals surface area (Å²) in [5.41, 5.74) is 2.16. The Morgan fingerprint density at radius 2 is 1.84 bits per heavy atom. The first-order chi connectivity index (χ1) is 8.83. The van der Waals surface area contributed by atoms with E-state index < -0.39 is 11.5 Å². The highest BCUT2D eigenvalue weighted by Crippen LogP contribution is 2.31. The molecule has 1 aromatic rings. The van der Waals surface area contributed by atoms with Gasteiger partial charge in [-0.25, -0.2) is 4.79 Å². The van der Waals surface area contributed by atoms with Gasteiger partial charge in [-0.05, 0) is 32.8 Å². The van der Waals surface area contributed by atoms with E-state index in [0.29, 0.717) is 13.0 Å². The number of aryl methyl sites for hydroxylation is 2. The minimum atomic E-state index is -1.02. The van der Waals surface area contributed by atoms with Gasteiger partial charge in [0.15, 0.2) is 0 Å². The number of likely N-dealkylation sites (tertiary alicyclic amines) is 1. The largest absolute Gasteiger partial charge is 0.480 e. The Labute approximate surface area is 113 Å². The van der Waals surface area contributed by atoms with Gasteiger partial charge in [0.05, 0.1) is 6.42 Å². The van der Waals surface area contributed by atoms with Crippen molar-refractivity contribution in [2.45, 2.75) is 39.2 Å². The predicted molar refractivity (Wildman–Crippen MR) is 72.0 cm³/mol. The lowest BCUT2D eigenvalue weighted by molar-refractivity contribution is -0.168. The van der Waals surface area contributed by atoms with Crippen molar-refractivity contribution in [3.05, 3.63) is 34.9 Å². The fourth-order valence-corrected chi connectivity index (χ4v) is 2.62. The molecular weight excluding hydrogens is 242 g/mol. The molecule has 4 heteroatoms. The Kier molecular flexibility index (Phi) is 3.35. The van der Waals surface area contributed by atoms with Gasteiger partial charge in [0, 0.05) is 6.54 Å². The number of carboxylic acids is 1. The Bertz CT molecular complexity index is 518. The van der Waals surface area contributed by atoms with Gasteiger partial charge in [-0.3, -0.25) is 4.79 Å². The number of amides is 1. The summed E-state index contributed by atoms with van der Waals surface area (Å²) in [5, 5.41) is 9.17. The van der Waals surface area contributed by atoms with Crippen molar-refractivity contribution in [3.63, 3.8) is 0 Å². The Balaban J connectivity index is 2.12. The third kappa shape index (κ3) is 2.48. The second-order valence-corrected chi connectivity index (χ2v) is 5.55. The summed E-state index contributed by atoms with van der Waals surface area (Å²) in [7, 11) is 0. The molecule has 2 rings (SSSR count). The van der Waals surface area contributed by atoms with Crippen LogP contribution in [-0.2, 0) is 16.0 Å². The number of carboxylic acid groups (broad SMARTS) is 1. The molecular formula is C15H19NO3. The minimum Gasteiger partial charge on any atom is -0.480 e. The first kappa shape index (κ1) is 13.6. The van der Waals surface area contributed by atoms with Crippen LogP contribution in [0.15, 0.2) is 18.2 Å². The van der Waals surface area contributed by atoms with Crippen molar-refractivity contribution >= 4 is 11.9 Å². The summed E-state index contributed by atoms with van der Waals surface area (Å²) < 4.78 is 0. The number of hydrogen-bond donors (Lipinski definition) is 1. The molecule has 1 aliphatic rings. The van der Waals surface area contributed by atoms with Crippen molar-refractivity contribution in [2.24, 2.45) is 0 Å². The zero-order chi connectivity index (χ0) is 14.2. The van der Waals surface area contributed by atoms with Gasteiger partial charge in [0.25, 0.3) is 0 Å². The van der Waals surface area contributed by atoms with Crippen LogP contribution in [-0.4, -0.2) is 34.0 Å². The van der Waals surface area contributed by atoms with Crippen LogP contribution >= 0.6 is 0 Å². The Morgan fingerprint density at radius 3 is 2.26 bits per heavy atom. The smallest absolute Gasteiger partial charge is 0.329 e. The summed E-state index contributed by atoms with van der Waals surface area (Å²) in [6.07, 6.45) is 0.798. The van der Waals surface area contributed by atoms with Gasteiger partial charge >= 0.3 is 5.97 Å². The van der Waals surface area contributed by atoms with Gasteiger partial charge in [0.2, 0.25) is 5.91 Å². The molecule has 4 nitrogen and oxygen atoms in total. The first-order valence-corrected chi connectivity index (χ1v) is 6.44. The van der Waals surface area contributed by atoms with E-state index >= 15 is 0 Å². The number of carbonyl (C=O) groups is 2. The van der Waals surface area contributed by atoms with Crippen molar-refractivity contribution in [2.75, 3.05) is 6.54 Å². The highest BCUT2D eigenvalue weighted by molar-refractivity contribution is 5.89. The number of carbonyl (C=O) groups excluding carboxylic acids is 1. The molecule has 19 heavy (non-hydrogen) atoms. The third-order valence-corrected chi connectivity index (χ3v) is 3.82. The van der Waals surface area contributed by atoms with Crippen LogP contribution in [0.1, 0.15) is 30.0 Å². The van der Waals surface area contributed by atoms with E-state index in [9.17, 15) is 14.7 Å². The molecule has 1 aromatic carbocycles. The van der Waals surface area contributed by atoms with Crippen LogP contribution < -0.4 is 0 Å². The van der Waals surface area contributed by atoms with Crippen molar-refractivity contribution in [1.29, 1.82) is 0 Å². The van der Waals surface area contributed by atoms with E-state index in [1.165, 1.54) is 4.90 Å². The lowest BCUT2D eigenvalue weighted by Gasteiger charge is -2.47. The monoisotopic (exact) mass is 261 g/mol.